The van der Waals surface area contributed by atoms with Gasteiger partial charge in [-0.3, -0.25) is 9.59 Å². The highest BCUT2D eigenvalue weighted by molar-refractivity contribution is 5.79. The van der Waals surface area contributed by atoms with Crippen LogP contribution in [-0.4, -0.2) is 42.5 Å². The Morgan fingerprint density at radius 2 is 2.00 bits per heavy atom. The van der Waals surface area contributed by atoms with Gasteiger partial charge in [0, 0.05) is 19.7 Å². The van der Waals surface area contributed by atoms with Crippen LogP contribution in [0.5, 0.6) is 0 Å². The topological polar surface area (TPSA) is 72.6 Å². The zero-order valence-electron chi connectivity index (χ0n) is 14.9. The van der Waals surface area contributed by atoms with E-state index in [4.69, 9.17) is 10.5 Å². The summed E-state index contributed by atoms with van der Waals surface area (Å²) >= 11 is 0. The third-order valence-electron chi connectivity index (χ3n) is 5.55. The molecule has 0 spiro atoms. The number of primary amides is 1. The molecule has 2 N–H and O–H groups in total. The average Bonchev–Trinajstić information content (AvgIpc) is 3.04. The highest BCUT2D eigenvalue weighted by atomic mass is 16.5. The van der Waals surface area contributed by atoms with Crippen LogP contribution in [-0.2, 0) is 20.7 Å². The van der Waals surface area contributed by atoms with Crippen LogP contribution in [0.4, 0.5) is 0 Å². The largest absolute Gasteiger partial charge is 0.377 e. The van der Waals surface area contributed by atoms with E-state index in [1.165, 1.54) is 5.56 Å². The Labute approximate surface area is 149 Å². The number of benzene rings is 1. The maximum atomic E-state index is 12.5. The molecule has 0 aromatic heterocycles. The minimum absolute atomic E-state index is 0.0305. The molecule has 0 unspecified atom stereocenters. The standard InChI is InChI=1S/C20H28N2O3/c1-14-3-2-4-16(11-14)13-19(23)22-8-5-15(6-9-22)12-18-17(20(21)24)7-10-25-18/h2-4,11,15,17-18H,5-10,12-13H2,1H3,(H2,21,24)/t17-,18-/m1/s1. The summed E-state index contributed by atoms with van der Waals surface area (Å²) in [5.74, 6) is 0.332. The van der Waals surface area contributed by atoms with E-state index in [9.17, 15) is 9.59 Å². The third kappa shape index (κ3) is 4.60. The van der Waals surface area contributed by atoms with Crippen molar-refractivity contribution in [3.8, 4) is 0 Å². The van der Waals surface area contributed by atoms with Crippen LogP contribution >= 0.6 is 0 Å². The van der Waals surface area contributed by atoms with Crippen molar-refractivity contribution in [2.24, 2.45) is 17.6 Å². The van der Waals surface area contributed by atoms with Gasteiger partial charge in [-0.25, -0.2) is 0 Å². The molecular weight excluding hydrogens is 316 g/mol. The van der Waals surface area contributed by atoms with Gasteiger partial charge in [0.15, 0.2) is 0 Å². The first-order valence-corrected chi connectivity index (χ1v) is 9.27. The van der Waals surface area contributed by atoms with Crippen molar-refractivity contribution >= 4 is 11.8 Å². The number of hydrogen-bond acceptors (Lipinski definition) is 3. The fourth-order valence-corrected chi connectivity index (χ4v) is 4.06. The van der Waals surface area contributed by atoms with Crippen molar-refractivity contribution in [1.82, 2.24) is 4.90 Å². The minimum Gasteiger partial charge on any atom is -0.377 e. The normalized spacial score (nSPS) is 24.4. The molecule has 0 bridgehead atoms. The Hall–Kier alpha value is -1.88. The summed E-state index contributed by atoms with van der Waals surface area (Å²) < 4.78 is 5.71. The number of likely N-dealkylation sites (tertiary alicyclic amines) is 1. The average molecular weight is 344 g/mol. The maximum absolute atomic E-state index is 12.5. The molecule has 2 amide bonds. The molecule has 5 nitrogen and oxygen atoms in total. The first-order valence-electron chi connectivity index (χ1n) is 9.27. The molecule has 0 aliphatic carbocycles. The lowest BCUT2D eigenvalue weighted by atomic mass is 9.86. The van der Waals surface area contributed by atoms with Crippen molar-refractivity contribution in [3.63, 3.8) is 0 Å². The molecule has 136 valence electrons. The van der Waals surface area contributed by atoms with Crippen LogP contribution in [0.1, 0.15) is 36.8 Å². The number of ether oxygens (including phenoxy) is 1. The van der Waals surface area contributed by atoms with Gasteiger partial charge in [-0.15, -0.1) is 0 Å². The fourth-order valence-electron chi connectivity index (χ4n) is 4.06. The van der Waals surface area contributed by atoms with Gasteiger partial charge in [-0.1, -0.05) is 29.8 Å². The van der Waals surface area contributed by atoms with Crippen molar-refractivity contribution < 1.29 is 14.3 Å². The first-order chi connectivity index (χ1) is 12.0. The van der Waals surface area contributed by atoms with Gasteiger partial charge >= 0.3 is 0 Å². The molecule has 2 saturated heterocycles. The van der Waals surface area contributed by atoms with Gasteiger partial charge in [-0.2, -0.15) is 0 Å². The Morgan fingerprint density at radius 3 is 2.68 bits per heavy atom. The van der Waals surface area contributed by atoms with Gasteiger partial charge in [-0.05, 0) is 44.1 Å². The summed E-state index contributed by atoms with van der Waals surface area (Å²) in [7, 11) is 0. The molecule has 25 heavy (non-hydrogen) atoms. The zero-order chi connectivity index (χ0) is 17.8. The second-order valence-electron chi connectivity index (χ2n) is 7.43. The van der Waals surface area contributed by atoms with Gasteiger partial charge in [0.25, 0.3) is 0 Å². The van der Waals surface area contributed by atoms with E-state index in [1.54, 1.807) is 0 Å². The molecule has 3 rings (SSSR count). The molecule has 5 heteroatoms. The summed E-state index contributed by atoms with van der Waals surface area (Å²) in [5, 5.41) is 0. The third-order valence-corrected chi connectivity index (χ3v) is 5.55. The van der Waals surface area contributed by atoms with Gasteiger partial charge < -0.3 is 15.4 Å². The predicted molar refractivity (Wildman–Crippen MR) is 95.8 cm³/mol. The van der Waals surface area contributed by atoms with E-state index in [1.807, 2.05) is 30.0 Å². The van der Waals surface area contributed by atoms with Gasteiger partial charge in [0.1, 0.15) is 0 Å². The molecule has 2 aliphatic rings. The number of nitrogens with zero attached hydrogens (tertiary/aromatic N) is 1. The Kier molecular flexibility index (Phi) is 5.74. The molecule has 0 saturated carbocycles. The zero-order valence-corrected chi connectivity index (χ0v) is 14.9. The van der Waals surface area contributed by atoms with Crippen LogP contribution in [0, 0.1) is 18.8 Å². The number of aryl methyl sites for hydroxylation is 1. The quantitative estimate of drug-likeness (QED) is 0.888. The van der Waals surface area contributed by atoms with Gasteiger partial charge in [0.2, 0.25) is 11.8 Å². The maximum Gasteiger partial charge on any atom is 0.226 e. The number of carbonyl (C=O) groups is 2. The Balaban J connectivity index is 1.47. The van der Waals surface area contributed by atoms with E-state index in [0.717, 1.165) is 44.3 Å². The van der Waals surface area contributed by atoms with Crippen molar-refractivity contribution in [3.05, 3.63) is 35.4 Å². The number of rotatable bonds is 5. The summed E-state index contributed by atoms with van der Waals surface area (Å²) in [6.07, 6.45) is 4.02. The van der Waals surface area contributed by atoms with Crippen molar-refractivity contribution in [1.29, 1.82) is 0 Å². The van der Waals surface area contributed by atoms with Crippen molar-refractivity contribution in [2.45, 2.75) is 45.1 Å². The lowest BCUT2D eigenvalue weighted by Crippen LogP contribution is -2.40. The fraction of sp³-hybridized carbons (Fsp3) is 0.600. The Bertz CT molecular complexity index is 623. The molecule has 2 aliphatic heterocycles. The summed E-state index contributed by atoms with van der Waals surface area (Å²) in [4.78, 5) is 26.0. The molecule has 0 radical (unpaired) electrons. The van der Waals surface area contributed by atoms with E-state index >= 15 is 0 Å². The number of carbonyl (C=O) groups excluding carboxylic acids is 2. The molecule has 1 aromatic rings. The number of nitrogens with two attached hydrogens (primary N) is 1. The molecule has 2 atom stereocenters. The minimum atomic E-state index is -0.242. The molecule has 1 aromatic carbocycles. The van der Waals surface area contributed by atoms with Crippen LogP contribution in [0.25, 0.3) is 0 Å². The summed E-state index contributed by atoms with van der Waals surface area (Å²) in [6.45, 7) is 4.27. The monoisotopic (exact) mass is 344 g/mol. The van der Waals surface area contributed by atoms with E-state index in [0.29, 0.717) is 18.9 Å². The van der Waals surface area contributed by atoms with E-state index in [-0.39, 0.29) is 23.8 Å². The lowest BCUT2D eigenvalue weighted by molar-refractivity contribution is -0.132. The summed E-state index contributed by atoms with van der Waals surface area (Å²) in [5.41, 5.74) is 7.73. The van der Waals surface area contributed by atoms with Crippen LogP contribution < -0.4 is 5.73 Å². The molecular formula is C20H28N2O3. The van der Waals surface area contributed by atoms with Crippen LogP contribution in [0.3, 0.4) is 0 Å². The van der Waals surface area contributed by atoms with Crippen LogP contribution in [0.2, 0.25) is 0 Å². The highest BCUT2D eigenvalue weighted by Crippen LogP contribution is 2.30. The van der Waals surface area contributed by atoms with E-state index < -0.39 is 0 Å². The number of piperidine rings is 1. The highest BCUT2D eigenvalue weighted by Gasteiger charge is 2.35. The van der Waals surface area contributed by atoms with E-state index in [2.05, 4.69) is 6.07 Å². The first kappa shape index (κ1) is 17.9. The lowest BCUT2D eigenvalue weighted by Gasteiger charge is -2.33. The van der Waals surface area contributed by atoms with Gasteiger partial charge in [0.05, 0.1) is 18.4 Å². The second-order valence-corrected chi connectivity index (χ2v) is 7.43. The Morgan fingerprint density at radius 1 is 1.24 bits per heavy atom. The molecule has 2 heterocycles. The predicted octanol–water partition coefficient (Wildman–Crippen LogP) is 2.06. The number of amides is 2. The van der Waals surface area contributed by atoms with Crippen LogP contribution in [0.15, 0.2) is 24.3 Å². The number of hydrogen-bond donors (Lipinski definition) is 1. The summed E-state index contributed by atoms with van der Waals surface area (Å²) in [6, 6.07) is 8.13. The smallest absolute Gasteiger partial charge is 0.226 e. The second kappa shape index (κ2) is 8.00. The SMILES string of the molecule is Cc1cccc(CC(=O)N2CCC(C[C@H]3OCC[C@H]3C(N)=O)CC2)c1. The van der Waals surface area contributed by atoms with Crippen molar-refractivity contribution in [2.75, 3.05) is 19.7 Å². The molecule has 2 fully saturated rings.